The number of aliphatic imine (C=N–C) groups is 1. The highest BCUT2D eigenvalue weighted by molar-refractivity contribution is 8.15. The summed E-state index contributed by atoms with van der Waals surface area (Å²) in [7, 11) is 0. The van der Waals surface area contributed by atoms with Gasteiger partial charge in [-0.05, 0) is 23.6 Å². The predicted octanol–water partition coefficient (Wildman–Crippen LogP) is 3.85. The van der Waals surface area contributed by atoms with Crippen molar-refractivity contribution in [2.45, 2.75) is 11.7 Å². The maximum Gasteiger partial charge on any atom is 0.247 e. The average molecular weight is 375 g/mol. The number of hydrogen-bond acceptors (Lipinski definition) is 4. The number of para-hydroxylation sites is 1. The fraction of sp³-hybridized carbons (Fsp3) is 0.0952. The fourth-order valence-electron chi connectivity index (χ4n) is 3.15. The van der Waals surface area contributed by atoms with Crippen LogP contribution in [0, 0.1) is 0 Å². The topological polar surface area (TPSA) is 75.8 Å². The van der Waals surface area contributed by atoms with E-state index in [1.165, 1.54) is 4.90 Å². The Balaban J connectivity index is 1.60. The van der Waals surface area contributed by atoms with Gasteiger partial charge in [0.15, 0.2) is 5.17 Å². The van der Waals surface area contributed by atoms with E-state index in [1.54, 1.807) is 6.07 Å². The maximum atomic E-state index is 12.9. The molecule has 4 rings (SSSR count). The van der Waals surface area contributed by atoms with Gasteiger partial charge in [-0.2, -0.15) is 0 Å². The SMILES string of the molecule is NC(=Nc1ccccc1)S[C@H]1CC(=O)N(c2cccc3ccccc23)C1=O. The third kappa shape index (κ3) is 3.44. The van der Waals surface area contributed by atoms with Crippen molar-refractivity contribution >= 4 is 50.9 Å². The minimum atomic E-state index is -0.566. The van der Waals surface area contributed by atoms with Crippen LogP contribution in [-0.4, -0.2) is 22.2 Å². The van der Waals surface area contributed by atoms with Gasteiger partial charge in [-0.3, -0.25) is 9.59 Å². The second-order valence-corrected chi connectivity index (χ2v) is 7.38. The summed E-state index contributed by atoms with van der Waals surface area (Å²) in [6.45, 7) is 0. The lowest BCUT2D eigenvalue weighted by atomic mass is 10.1. The summed E-state index contributed by atoms with van der Waals surface area (Å²) in [6, 6.07) is 22.6. The highest BCUT2D eigenvalue weighted by atomic mass is 32.2. The van der Waals surface area contributed by atoms with Crippen molar-refractivity contribution < 1.29 is 9.59 Å². The van der Waals surface area contributed by atoms with Crippen LogP contribution in [0.2, 0.25) is 0 Å². The standard InChI is InChI=1S/C21H17N3O2S/c22-21(23-15-9-2-1-3-10-15)27-18-13-19(25)24(20(18)26)17-12-6-8-14-7-4-5-11-16(14)17/h1-12,18H,13H2,(H2,22,23)/t18-/m0/s1. The van der Waals surface area contributed by atoms with E-state index < -0.39 is 5.25 Å². The third-order valence-corrected chi connectivity index (χ3v) is 5.36. The van der Waals surface area contributed by atoms with Gasteiger partial charge in [0.2, 0.25) is 11.8 Å². The Morgan fingerprint density at radius 3 is 2.48 bits per heavy atom. The number of amides is 2. The largest absolute Gasteiger partial charge is 0.378 e. The lowest BCUT2D eigenvalue weighted by Crippen LogP contribution is -2.32. The average Bonchev–Trinajstić information content (AvgIpc) is 2.95. The molecule has 0 aromatic heterocycles. The van der Waals surface area contributed by atoms with Gasteiger partial charge in [-0.1, -0.05) is 66.4 Å². The number of nitrogens with two attached hydrogens (primary N) is 1. The zero-order valence-corrected chi connectivity index (χ0v) is 15.2. The van der Waals surface area contributed by atoms with Gasteiger partial charge in [0, 0.05) is 11.8 Å². The number of benzene rings is 3. The summed E-state index contributed by atoms with van der Waals surface area (Å²) in [4.78, 5) is 31.1. The van der Waals surface area contributed by atoms with Crippen molar-refractivity contribution in [1.82, 2.24) is 0 Å². The number of carbonyl (C=O) groups is 2. The van der Waals surface area contributed by atoms with Crippen molar-refractivity contribution in [3.05, 3.63) is 72.8 Å². The number of fused-ring (bicyclic) bond motifs is 1. The van der Waals surface area contributed by atoms with Crippen molar-refractivity contribution in [1.29, 1.82) is 0 Å². The summed E-state index contributed by atoms with van der Waals surface area (Å²) in [5, 5.41) is 1.56. The molecule has 1 saturated heterocycles. The maximum absolute atomic E-state index is 12.9. The van der Waals surface area contributed by atoms with Crippen LogP contribution in [0.3, 0.4) is 0 Å². The molecule has 0 aliphatic carbocycles. The molecule has 1 heterocycles. The first-order valence-corrected chi connectivity index (χ1v) is 9.42. The monoisotopic (exact) mass is 375 g/mol. The lowest BCUT2D eigenvalue weighted by Gasteiger charge is -2.17. The summed E-state index contributed by atoms with van der Waals surface area (Å²) < 4.78 is 0. The van der Waals surface area contributed by atoms with E-state index in [9.17, 15) is 9.59 Å². The lowest BCUT2D eigenvalue weighted by molar-refractivity contribution is -0.121. The summed E-state index contributed by atoms with van der Waals surface area (Å²) >= 11 is 1.13. The van der Waals surface area contributed by atoms with Crippen molar-refractivity contribution in [2.24, 2.45) is 10.7 Å². The molecule has 5 nitrogen and oxygen atoms in total. The summed E-state index contributed by atoms with van der Waals surface area (Å²) in [5.74, 6) is -0.478. The normalized spacial score (nSPS) is 17.7. The molecule has 27 heavy (non-hydrogen) atoms. The Morgan fingerprint density at radius 1 is 0.963 bits per heavy atom. The minimum absolute atomic E-state index is 0.109. The van der Waals surface area contributed by atoms with E-state index >= 15 is 0 Å². The Morgan fingerprint density at radius 2 is 1.67 bits per heavy atom. The zero-order chi connectivity index (χ0) is 18.8. The molecular weight excluding hydrogens is 358 g/mol. The van der Waals surface area contributed by atoms with E-state index in [0.717, 1.165) is 22.5 Å². The van der Waals surface area contributed by atoms with Gasteiger partial charge in [0.1, 0.15) is 5.25 Å². The van der Waals surface area contributed by atoms with Crippen molar-refractivity contribution in [2.75, 3.05) is 4.90 Å². The predicted molar refractivity (Wildman–Crippen MR) is 110 cm³/mol. The first kappa shape index (κ1) is 17.3. The molecule has 1 fully saturated rings. The third-order valence-electron chi connectivity index (χ3n) is 4.37. The molecule has 0 unspecified atom stereocenters. The number of amidine groups is 1. The van der Waals surface area contributed by atoms with Gasteiger partial charge in [-0.25, -0.2) is 9.89 Å². The molecule has 2 amide bonds. The van der Waals surface area contributed by atoms with Crippen LogP contribution in [0.15, 0.2) is 77.8 Å². The summed E-state index contributed by atoms with van der Waals surface area (Å²) in [5.41, 5.74) is 7.33. The van der Waals surface area contributed by atoms with Gasteiger partial charge >= 0.3 is 0 Å². The second kappa shape index (κ2) is 7.25. The molecular formula is C21H17N3O2S. The molecule has 0 bridgehead atoms. The molecule has 0 radical (unpaired) electrons. The molecule has 134 valence electrons. The van der Waals surface area contributed by atoms with Crippen LogP contribution in [0.5, 0.6) is 0 Å². The zero-order valence-electron chi connectivity index (χ0n) is 14.4. The molecule has 3 aromatic rings. The fourth-order valence-corrected chi connectivity index (χ4v) is 4.04. The van der Waals surface area contributed by atoms with E-state index in [4.69, 9.17) is 5.73 Å². The van der Waals surface area contributed by atoms with E-state index in [2.05, 4.69) is 4.99 Å². The number of carbonyl (C=O) groups excluding carboxylic acids is 2. The first-order chi connectivity index (χ1) is 13.1. The molecule has 6 heteroatoms. The van der Waals surface area contributed by atoms with Crippen LogP contribution in [0.25, 0.3) is 10.8 Å². The molecule has 0 spiro atoms. The number of rotatable bonds is 3. The Kier molecular flexibility index (Phi) is 4.64. The highest BCUT2D eigenvalue weighted by Crippen LogP contribution is 2.34. The Labute approximate surface area is 160 Å². The van der Waals surface area contributed by atoms with Crippen molar-refractivity contribution in [3.63, 3.8) is 0 Å². The second-order valence-electron chi connectivity index (χ2n) is 6.16. The smallest absolute Gasteiger partial charge is 0.247 e. The number of nitrogens with zero attached hydrogens (tertiary/aromatic N) is 2. The van der Waals surface area contributed by atoms with Gasteiger partial charge in [0.05, 0.1) is 11.4 Å². The van der Waals surface area contributed by atoms with Crippen LogP contribution < -0.4 is 10.6 Å². The molecule has 1 atom stereocenters. The molecule has 1 aliphatic heterocycles. The van der Waals surface area contributed by atoms with Gasteiger partial charge in [0.25, 0.3) is 0 Å². The highest BCUT2D eigenvalue weighted by Gasteiger charge is 2.41. The first-order valence-electron chi connectivity index (χ1n) is 8.54. The summed E-state index contributed by atoms with van der Waals surface area (Å²) in [6.07, 6.45) is 0.109. The molecule has 2 N–H and O–H groups in total. The van der Waals surface area contributed by atoms with Crippen LogP contribution in [0.4, 0.5) is 11.4 Å². The number of hydrogen-bond donors (Lipinski definition) is 1. The number of thioether (sulfide) groups is 1. The van der Waals surface area contributed by atoms with Crippen LogP contribution in [0.1, 0.15) is 6.42 Å². The van der Waals surface area contributed by atoms with Crippen molar-refractivity contribution in [3.8, 4) is 0 Å². The number of imide groups is 1. The van der Waals surface area contributed by atoms with Crippen LogP contribution >= 0.6 is 11.8 Å². The number of anilines is 1. The van der Waals surface area contributed by atoms with E-state index in [0.29, 0.717) is 11.4 Å². The molecule has 0 saturated carbocycles. The van der Waals surface area contributed by atoms with E-state index in [1.807, 2.05) is 66.7 Å². The van der Waals surface area contributed by atoms with Crippen LogP contribution in [-0.2, 0) is 9.59 Å². The Hall–Kier alpha value is -3.12. The van der Waals surface area contributed by atoms with Gasteiger partial charge < -0.3 is 5.73 Å². The quantitative estimate of drug-likeness (QED) is 0.429. The molecule has 3 aromatic carbocycles. The minimum Gasteiger partial charge on any atom is -0.378 e. The Bertz CT molecular complexity index is 1040. The van der Waals surface area contributed by atoms with E-state index in [-0.39, 0.29) is 23.4 Å². The molecule has 1 aliphatic rings. The van der Waals surface area contributed by atoms with Gasteiger partial charge in [-0.15, -0.1) is 0 Å².